The Hall–Kier alpha value is -1.35. The Morgan fingerprint density at radius 3 is 3.00 bits per heavy atom. The molecule has 92 valence electrons. The van der Waals surface area contributed by atoms with Gasteiger partial charge in [0.15, 0.2) is 0 Å². The van der Waals surface area contributed by atoms with E-state index in [0.29, 0.717) is 6.61 Å². The molecule has 1 heterocycles. The fourth-order valence-corrected chi connectivity index (χ4v) is 2.32. The summed E-state index contributed by atoms with van der Waals surface area (Å²) in [7, 11) is 0. The van der Waals surface area contributed by atoms with E-state index in [9.17, 15) is 4.79 Å². The molecule has 3 heteroatoms. The fraction of sp³-hybridized carbons (Fsp3) is 0.500. The highest BCUT2D eigenvalue weighted by Crippen LogP contribution is 2.27. The molecule has 0 unspecified atom stereocenters. The van der Waals surface area contributed by atoms with E-state index < -0.39 is 0 Å². The van der Waals surface area contributed by atoms with Crippen LogP contribution in [0, 0.1) is 6.92 Å². The normalized spacial score (nSPS) is 23.6. The minimum absolute atomic E-state index is 0.123. The molecule has 1 aromatic rings. The van der Waals surface area contributed by atoms with Crippen LogP contribution in [0.1, 0.15) is 36.9 Å². The van der Waals surface area contributed by atoms with Crippen molar-refractivity contribution in [2.75, 3.05) is 6.61 Å². The Kier molecular flexibility index (Phi) is 3.79. The molecule has 0 aliphatic carbocycles. The van der Waals surface area contributed by atoms with Gasteiger partial charge in [0.25, 0.3) is 0 Å². The highest BCUT2D eigenvalue weighted by molar-refractivity contribution is 5.76. The molecule has 0 aromatic heterocycles. The van der Waals surface area contributed by atoms with Gasteiger partial charge in [-0.15, -0.1) is 0 Å². The van der Waals surface area contributed by atoms with Crippen LogP contribution >= 0.6 is 0 Å². The molecular formula is C14H19NO2. The second-order valence-corrected chi connectivity index (χ2v) is 4.52. The number of carbonyl (C=O) groups excluding carboxylic acids is 1. The van der Waals surface area contributed by atoms with Crippen molar-refractivity contribution in [2.24, 2.45) is 0 Å². The first-order valence-electron chi connectivity index (χ1n) is 6.20. The lowest BCUT2D eigenvalue weighted by Crippen LogP contribution is -2.33. The van der Waals surface area contributed by atoms with Crippen molar-refractivity contribution >= 4 is 5.97 Å². The maximum Gasteiger partial charge on any atom is 0.323 e. The molecular weight excluding hydrogens is 214 g/mol. The van der Waals surface area contributed by atoms with Crippen LogP contribution in [-0.4, -0.2) is 18.6 Å². The summed E-state index contributed by atoms with van der Waals surface area (Å²) >= 11 is 0. The first-order valence-corrected chi connectivity index (χ1v) is 6.20. The van der Waals surface area contributed by atoms with Crippen molar-refractivity contribution in [2.45, 2.75) is 38.8 Å². The quantitative estimate of drug-likeness (QED) is 0.814. The summed E-state index contributed by atoms with van der Waals surface area (Å²) < 4.78 is 5.03. The summed E-state index contributed by atoms with van der Waals surface area (Å²) in [5.41, 5.74) is 2.51. The lowest BCUT2D eigenvalue weighted by molar-refractivity contribution is -0.145. The van der Waals surface area contributed by atoms with Gasteiger partial charge in [-0.3, -0.25) is 10.1 Å². The van der Waals surface area contributed by atoms with Crippen molar-refractivity contribution < 1.29 is 9.53 Å². The maximum absolute atomic E-state index is 11.6. The van der Waals surface area contributed by atoms with E-state index in [0.717, 1.165) is 12.8 Å². The lowest BCUT2D eigenvalue weighted by Gasteiger charge is -2.14. The standard InChI is InChI=1S/C14H19NO2/c1-3-17-14(16)13-8-7-12(15-13)11-6-4-5-10(2)9-11/h4-6,9,12-13,15H,3,7-8H2,1-2H3/t12-,13+/m1/s1. The van der Waals surface area contributed by atoms with Gasteiger partial charge in [0, 0.05) is 6.04 Å². The van der Waals surface area contributed by atoms with Crippen molar-refractivity contribution in [3.63, 3.8) is 0 Å². The van der Waals surface area contributed by atoms with Crippen LogP contribution in [0.25, 0.3) is 0 Å². The summed E-state index contributed by atoms with van der Waals surface area (Å²) in [4.78, 5) is 11.6. The van der Waals surface area contributed by atoms with Gasteiger partial charge in [-0.05, 0) is 32.3 Å². The molecule has 1 N–H and O–H groups in total. The zero-order chi connectivity index (χ0) is 12.3. The average Bonchev–Trinajstić information content (AvgIpc) is 2.78. The number of nitrogens with one attached hydrogen (secondary N) is 1. The van der Waals surface area contributed by atoms with Gasteiger partial charge < -0.3 is 4.74 Å². The Morgan fingerprint density at radius 1 is 1.47 bits per heavy atom. The number of carbonyl (C=O) groups is 1. The summed E-state index contributed by atoms with van der Waals surface area (Å²) in [6.45, 7) is 4.37. The molecule has 2 atom stereocenters. The van der Waals surface area contributed by atoms with Crippen molar-refractivity contribution in [3.8, 4) is 0 Å². The molecule has 0 radical (unpaired) electrons. The topological polar surface area (TPSA) is 38.3 Å². The van der Waals surface area contributed by atoms with Crippen molar-refractivity contribution in [1.82, 2.24) is 5.32 Å². The van der Waals surface area contributed by atoms with E-state index in [2.05, 4.69) is 36.5 Å². The Balaban J connectivity index is 2.00. The van der Waals surface area contributed by atoms with Crippen molar-refractivity contribution in [3.05, 3.63) is 35.4 Å². The van der Waals surface area contributed by atoms with Gasteiger partial charge in [0.2, 0.25) is 0 Å². The van der Waals surface area contributed by atoms with E-state index in [1.165, 1.54) is 11.1 Å². The van der Waals surface area contributed by atoms with Crippen molar-refractivity contribution in [1.29, 1.82) is 0 Å². The second kappa shape index (κ2) is 5.32. The molecule has 3 nitrogen and oxygen atoms in total. The summed E-state index contributed by atoms with van der Waals surface area (Å²) in [6.07, 6.45) is 1.85. The molecule has 2 rings (SSSR count). The van der Waals surface area contributed by atoms with Gasteiger partial charge >= 0.3 is 5.97 Å². The van der Waals surface area contributed by atoms with Gasteiger partial charge in [0.1, 0.15) is 6.04 Å². The molecule has 1 aliphatic heterocycles. The summed E-state index contributed by atoms with van der Waals surface area (Å²) in [6, 6.07) is 8.57. The van der Waals surface area contributed by atoms with Crippen LogP contribution < -0.4 is 5.32 Å². The molecule has 0 saturated carbocycles. The number of hydrogen-bond acceptors (Lipinski definition) is 3. The number of hydrogen-bond donors (Lipinski definition) is 1. The minimum atomic E-state index is -0.138. The summed E-state index contributed by atoms with van der Waals surface area (Å²) in [5.74, 6) is -0.123. The zero-order valence-corrected chi connectivity index (χ0v) is 10.4. The number of esters is 1. The van der Waals surface area contributed by atoms with E-state index in [-0.39, 0.29) is 18.1 Å². The number of benzene rings is 1. The first kappa shape index (κ1) is 12.1. The molecule has 0 amide bonds. The second-order valence-electron chi connectivity index (χ2n) is 4.52. The maximum atomic E-state index is 11.6. The lowest BCUT2D eigenvalue weighted by atomic mass is 10.0. The monoisotopic (exact) mass is 233 g/mol. The zero-order valence-electron chi connectivity index (χ0n) is 10.4. The third-order valence-electron chi connectivity index (χ3n) is 3.16. The summed E-state index contributed by atoms with van der Waals surface area (Å²) in [5, 5.41) is 3.34. The van der Waals surface area contributed by atoms with Gasteiger partial charge in [0.05, 0.1) is 6.61 Å². The largest absolute Gasteiger partial charge is 0.465 e. The van der Waals surface area contributed by atoms with Crippen LogP contribution in [-0.2, 0) is 9.53 Å². The van der Waals surface area contributed by atoms with E-state index in [1.54, 1.807) is 0 Å². The van der Waals surface area contributed by atoms with E-state index in [1.807, 2.05) is 6.92 Å². The highest BCUT2D eigenvalue weighted by Gasteiger charge is 2.30. The average molecular weight is 233 g/mol. The van der Waals surface area contributed by atoms with Gasteiger partial charge in [-0.1, -0.05) is 29.8 Å². The molecule has 0 spiro atoms. The highest BCUT2D eigenvalue weighted by atomic mass is 16.5. The van der Waals surface area contributed by atoms with Gasteiger partial charge in [-0.25, -0.2) is 0 Å². The van der Waals surface area contributed by atoms with Crippen LogP contribution in [0.2, 0.25) is 0 Å². The molecule has 1 fully saturated rings. The third-order valence-corrected chi connectivity index (χ3v) is 3.16. The molecule has 17 heavy (non-hydrogen) atoms. The van der Waals surface area contributed by atoms with Crippen LogP contribution in [0.5, 0.6) is 0 Å². The van der Waals surface area contributed by atoms with Crippen LogP contribution in [0.3, 0.4) is 0 Å². The number of rotatable bonds is 3. The number of ether oxygens (including phenoxy) is 1. The van der Waals surface area contributed by atoms with Crippen LogP contribution in [0.4, 0.5) is 0 Å². The molecule has 1 saturated heterocycles. The Morgan fingerprint density at radius 2 is 2.29 bits per heavy atom. The Bertz CT molecular complexity index is 403. The van der Waals surface area contributed by atoms with E-state index >= 15 is 0 Å². The number of aryl methyl sites for hydroxylation is 1. The predicted octanol–water partition coefficient (Wildman–Crippen LogP) is 2.35. The molecule has 0 bridgehead atoms. The predicted molar refractivity (Wildman–Crippen MR) is 66.7 cm³/mol. The molecule has 1 aromatic carbocycles. The minimum Gasteiger partial charge on any atom is -0.465 e. The Labute approximate surface area is 102 Å². The SMILES string of the molecule is CCOC(=O)[C@@H]1CC[C@H](c2cccc(C)c2)N1. The first-order chi connectivity index (χ1) is 8.20. The molecule has 1 aliphatic rings. The van der Waals surface area contributed by atoms with Gasteiger partial charge in [-0.2, -0.15) is 0 Å². The fourth-order valence-electron chi connectivity index (χ4n) is 2.32. The van der Waals surface area contributed by atoms with Crippen LogP contribution in [0.15, 0.2) is 24.3 Å². The van der Waals surface area contributed by atoms with E-state index in [4.69, 9.17) is 4.74 Å². The smallest absolute Gasteiger partial charge is 0.323 e. The third kappa shape index (κ3) is 2.86.